The van der Waals surface area contributed by atoms with Crippen LogP contribution < -0.4 is 10.7 Å². The van der Waals surface area contributed by atoms with Gasteiger partial charge >= 0.3 is 0 Å². The monoisotopic (exact) mass is 242 g/mol. The van der Waals surface area contributed by atoms with Crippen molar-refractivity contribution in [3.8, 4) is 0 Å². The number of rotatable bonds is 3. The Bertz CT molecular complexity index is 624. The third-order valence-corrected chi connectivity index (χ3v) is 2.36. The number of non-ortho nitro benzene ring substituents is 1. The smallest absolute Gasteiger partial charge is 0.269 e. The summed E-state index contributed by atoms with van der Waals surface area (Å²) in [4.78, 5) is 21.7. The summed E-state index contributed by atoms with van der Waals surface area (Å²) >= 11 is 0. The van der Waals surface area contributed by atoms with Gasteiger partial charge in [0.05, 0.1) is 10.6 Å². The van der Waals surface area contributed by atoms with Crippen LogP contribution in [0.5, 0.6) is 0 Å². The van der Waals surface area contributed by atoms with Crippen molar-refractivity contribution in [2.45, 2.75) is 0 Å². The number of nitro groups is 1. The van der Waals surface area contributed by atoms with E-state index in [4.69, 9.17) is 0 Å². The van der Waals surface area contributed by atoms with E-state index in [1.165, 1.54) is 18.2 Å². The molecule has 90 valence electrons. The van der Waals surface area contributed by atoms with E-state index in [-0.39, 0.29) is 11.1 Å². The van der Waals surface area contributed by atoms with E-state index in [1.54, 1.807) is 36.4 Å². The van der Waals surface area contributed by atoms with Crippen LogP contribution in [0.3, 0.4) is 0 Å². The zero-order valence-electron chi connectivity index (χ0n) is 9.37. The zero-order valence-corrected chi connectivity index (χ0v) is 9.37. The molecule has 0 saturated carbocycles. The minimum atomic E-state index is -0.467. The summed E-state index contributed by atoms with van der Waals surface area (Å²) < 4.78 is 0. The van der Waals surface area contributed by atoms with Crippen molar-refractivity contribution < 1.29 is 4.92 Å². The molecule has 2 aromatic carbocycles. The highest BCUT2D eigenvalue weighted by molar-refractivity contribution is 5.60. The largest absolute Gasteiger partial charge is 0.352 e. The SMILES string of the molecule is O=c1cccccc1Nc1ccc([N+](=O)[O-])cc1. The van der Waals surface area contributed by atoms with Gasteiger partial charge in [-0.05, 0) is 24.3 Å². The lowest BCUT2D eigenvalue weighted by atomic mass is 10.2. The van der Waals surface area contributed by atoms with Gasteiger partial charge in [0.15, 0.2) is 0 Å². The predicted octanol–water partition coefficient (Wildman–Crippen LogP) is 2.70. The Morgan fingerprint density at radius 2 is 1.61 bits per heavy atom. The molecule has 0 aliphatic rings. The van der Waals surface area contributed by atoms with Crippen molar-refractivity contribution in [3.05, 3.63) is 74.9 Å². The second-order valence-electron chi connectivity index (χ2n) is 3.62. The zero-order chi connectivity index (χ0) is 13.0. The molecule has 0 fully saturated rings. The van der Waals surface area contributed by atoms with Crippen LogP contribution in [0.15, 0.2) is 59.4 Å². The quantitative estimate of drug-likeness (QED) is 0.663. The number of nitrogens with one attached hydrogen (secondary N) is 1. The molecule has 0 unspecified atom stereocenters. The lowest BCUT2D eigenvalue weighted by Gasteiger charge is -2.03. The van der Waals surface area contributed by atoms with E-state index in [1.807, 2.05) is 0 Å². The molecular weight excluding hydrogens is 232 g/mol. The van der Waals surface area contributed by atoms with Gasteiger partial charge in [-0.1, -0.05) is 18.2 Å². The van der Waals surface area contributed by atoms with E-state index < -0.39 is 4.92 Å². The van der Waals surface area contributed by atoms with Gasteiger partial charge in [0.25, 0.3) is 5.69 Å². The maximum absolute atomic E-state index is 11.6. The molecule has 0 radical (unpaired) electrons. The van der Waals surface area contributed by atoms with Gasteiger partial charge in [0.1, 0.15) is 0 Å². The Labute approximate surface area is 103 Å². The number of nitro benzene ring substituents is 1. The molecule has 0 amide bonds. The van der Waals surface area contributed by atoms with Gasteiger partial charge in [0.2, 0.25) is 5.43 Å². The third-order valence-electron chi connectivity index (χ3n) is 2.36. The fraction of sp³-hybridized carbons (Fsp3) is 0. The standard InChI is InChI=1S/C13H10N2O3/c16-13-5-3-1-2-4-12(13)14-10-6-8-11(9-7-10)15(17)18/h1-9H,(H,14,16). The van der Waals surface area contributed by atoms with E-state index in [9.17, 15) is 14.9 Å². The van der Waals surface area contributed by atoms with Crippen molar-refractivity contribution >= 4 is 17.1 Å². The third kappa shape index (κ3) is 2.70. The predicted molar refractivity (Wildman–Crippen MR) is 69.1 cm³/mol. The maximum atomic E-state index is 11.6. The Morgan fingerprint density at radius 1 is 0.944 bits per heavy atom. The van der Waals surface area contributed by atoms with Crippen LogP contribution in [-0.4, -0.2) is 4.92 Å². The first-order valence-electron chi connectivity index (χ1n) is 5.27. The van der Waals surface area contributed by atoms with Crippen molar-refractivity contribution in [2.24, 2.45) is 0 Å². The molecule has 0 spiro atoms. The molecule has 0 bridgehead atoms. The van der Waals surface area contributed by atoms with E-state index in [2.05, 4.69) is 5.32 Å². The van der Waals surface area contributed by atoms with Gasteiger partial charge in [-0.15, -0.1) is 0 Å². The normalized spacial score (nSPS) is 9.78. The highest BCUT2D eigenvalue weighted by atomic mass is 16.6. The Morgan fingerprint density at radius 3 is 2.28 bits per heavy atom. The van der Waals surface area contributed by atoms with Crippen molar-refractivity contribution in [3.63, 3.8) is 0 Å². The number of hydrogen-bond donors (Lipinski definition) is 1. The first-order chi connectivity index (χ1) is 8.66. The summed E-state index contributed by atoms with van der Waals surface area (Å²) in [6.45, 7) is 0. The van der Waals surface area contributed by atoms with Gasteiger partial charge in [-0.3, -0.25) is 14.9 Å². The maximum Gasteiger partial charge on any atom is 0.269 e. The number of benzene rings is 1. The van der Waals surface area contributed by atoms with Crippen LogP contribution in [0.1, 0.15) is 0 Å². The molecule has 5 nitrogen and oxygen atoms in total. The molecule has 0 aliphatic carbocycles. The van der Waals surface area contributed by atoms with Crippen molar-refractivity contribution in [1.29, 1.82) is 0 Å². The fourth-order valence-corrected chi connectivity index (χ4v) is 1.46. The van der Waals surface area contributed by atoms with Crippen molar-refractivity contribution in [1.82, 2.24) is 0 Å². The number of anilines is 2. The highest BCUT2D eigenvalue weighted by Crippen LogP contribution is 2.17. The fourth-order valence-electron chi connectivity index (χ4n) is 1.46. The van der Waals surface area contributed by atoms with Crippen LogP contribution in [0.4, 0.5) is 17.1 Å². The molecule has 18 heavy (non-hydrogen) atoms. The van der Waals surface area contributed by atoms with E-state index >= 15 is 0 Å². The van der Waals surface area contributed by atoms with E-state index in [0.29, 0.717) is 11.4 Å². The summed E-state index contributed by atoms with van der Waals surface area (Å²) in [5, 5.41) is 13.4. The minimum Gasteiger partial charge on any atom is -0.352 e. The summed E-state index contributed by atoms with van der Waals surface area (Å²) in [6.07, 6.45) is 0. The molecule has 0 aliphatic heterocycles. The van der Waals surface area contributed by atoms with Crippen LogP contribution in [0.2, 0.25) is 0 Å². The summed E-state index contributed by atoms with van der Waals surface area (Å²) in [5.41, 5.74) is 0.928. The lowest BCUT2D eigenvalue weighted by molar-refractivity contribution is -0.384. The summed E-state index contributed by atoms with van der Waals surface area (Å²) in [7, 11) is 0. The first kappa shape index (κ1) is 11.8. The van der Waals surface area contributed by atoms with Crippen LogP contribution in [0.25, 0.3) is 0 Å². The second-order valence-corrected chi connectivity index (χ2v) is 3.62. The Balaban J connectivity index is 2.27. The summed E-state index contributed by atoms with van der Waals surface area (Å²) in [5.74, 6) is 0. The molecule has 2 aromatic rings. The van der Waals surface area contributed by atoms with Gasteiger partial charge in [0, 0.05) is 17.8 Å². The molecule has 0 atom stereocenters. The highest BCUT2D eigenvalue weighted by Gasteiger charge is 2.04. The average molecular weight is 242 g/mol. The molecular formula is C13H10N2O3. The number of hydrogen-bond acceptors (Lipinski definition) is 4. The molecule has 0 heterocycles. The van der Waals surface area contributed by atoms with Gasteiger partial charge < -0.3 is 5.32 Å². The van der Waals surface area contributed by atoms with Crippen molar-refractivity contribution in [2.75, 3.05) is 5.32 Å². The Hall–Kier alpha value is -2.69. The average Bonchev–Trinajstić information content (AvgIpc) is 2.56. The first-order valence-corrected chi connectivity index (χ1v) is 5.27. The second kappa shape index (κ2) is 5.09. The molecule has 2 rings (SSSR count). The van der Waals surface area contributed by atoms with Crippen LogP contribution in [0, 0.1) is 10.1 Å². The molecule has 5 heteroatoms. The molecule has 0 aromatic heterocycles. The topological polar surface area (TPSA) is 72.2 Å². The molecule has 0 saturated heterocycles. The van der Waals surface area contributed by atoms with Crippen LogP contribution in [-0.2, 0) is 0 Å². The minimum absolute atomic E-state index is 0.0153. The lowest BCUT2D eigenvalue weighted by Crippen LogP contribution is -2.03. The summed E-state index contributed by atoms with van der Waals surface area (Å²) in [6, 6.07) is 14.2. The van der Waals surface area contributed by atoms with Gasteiger partial charge in [-0.2, -0.15) is 0 Å². The molecule has 1 N–H and O–H groups in total. The van der Waals surface area contributed by atoms with Crippen LogP contribution >= 0.6 is 0 Å². The number of nitrogens with zero attached hydrogens (tertiary/aromatic N) is 1. The Kier molecular flexibility index (Phi) is 3.33. The van der Waals surface area contributed by atoms with Gasteiger partial charge in [-0.25, -0.2) is 0 Å². The van der Waals surface area contributed by atoms with E-state index in [0.717, 1.165) is 0 Å².